The van der Waals surface area contributed by atoms with Gasteiger partial charge in [0.1, 0.15) is 12.1 Å². The highest BCUT2D eigenvalue weighted by molar-refractivity contribution is 8.00. The first-order chi connectivity index (χ1) is 19.9. The van der Waals surface area contributed by atoms with Gasteiger partial charge < -0.3 is 15.3 Å². The van der Waals surface area contributed by atoms with E-state index >= 15 is 0 Å². The topological polar surface area (TPSA) is 140 Å². The maximum Gasteiger partial charge on any atom is 0.254 e. The van der Waals surface area contributed by atoms with Crippen molar-refractivity contribution >= 4 is 33.6 Å². The van der Waals surface area contributed by atoms with E-state index in [1.165, 1.54) is 40.9 Å². The van der Waals surface area contributed by atoms with Gasteiger partial charge in [-0.2, -0.15) is 5.26 Å². The third kappa shape index (κ3) is 7.20. The molecule has 42 heavy (non-hydrogen) atoms. The molecule has 0 radical (unpaired) electrons. The predicted octanol–water partition coefficient (Wildman–Crippen LogP) is 3.11. The second kappa shape index (κ2) is 13.1. The number of nitrogens with zero attached hydrogens (tertiary/aromatic N) is 2. The number of aliphatic hydroxyl groups is 1. The number of thioether (sulfide) groups is 1. The molecule has 1 saturated heterocycles. The standard InChI is InChI=1S/C31H34N4O5S2/c1-21-9-7-8-12-24(21)19-33-29(37)28-31(2,3)41-20-35(28)30(38)27(36)26(17-22-10-5-4-6-11-22)34-42(39,40)25-15-13-23(18-32)14-16-25/h4-16,26-28,34,36H,17,19-20H2,1-3H3,(H,33,37). The summed E-state index contributed by atoms with van der Waals surface area (Å²) in [6.45, 7) is 5.97. The molecule has 3 atom stereocenters. The zero-order chi connectivity index (χ0) is 30.5. The molecule has 0 saturated carbocycles. The fraction of sp³-hybridized carbons (Fsp3) is 0.323. The Morgan fingerprint density at radius 2 is 1.71 bits per heavy atom. The van der Waals surface area contributed by atoms with E-state index in [-0.39, 0.29) is 29.6 Å². The van der Waals surface area contributed by atoms with Crippen LogP contribution >= 0.6 is 11.8 Å². The zero-order valence-electron chi connectivity index (χ0n) is 23.7. The fourth-order valence-corrected chi connectivity index (χ4v) is 7.29. The Morgan fingerprint density at radius 1 is 1.07 bits per heavy atom. The highest BCUT2D eigenvalue weighted by Gasteiger charge is 2.50. The quantitative estimate of drug-likeness (QED) is 0.322. The molecular weight excluding hydrogens is 572 g/mol. The molecule has 0 aliphatic carbocycles. The molecule has 3 unspecified atom stereocenters. The van der Waals surface area contributed by atoms with Gasteiger partial charge in [-0.3, -0.25) is 9.59 Å². The summed E-state index contributed by atoms with van der Waals surface area (Å²) in [5, 5.41) is 23.4. The number of carbonyl (C=O) groups excluding carboxylic acids is 2. The summed E-state index contributed by atoms with van der Waals surface area (Å²) >= 11 is 1.41. The molecule has 0 aromatic heterocycles. The number of rotatable bonds is 10. The second-order valence-corrected chi connectivity index (χ2v) is 14.0. The van der Waals surface area contributed by atoms with Gasteiger partial charge >= 0.3 is 0 Å². The molecule has 220 valence electrons. The van der Waals surface area contributed by atoms with Gasteiger partial charge in [0, 0.05) is 11.3 Å². The van der Waals surface area contributed by atoms with Crippen LogP contribution in [0.3, 0.4) is 0 Å². The lowest BCUT2D eigenvalue weighted by atomic mass is 9.97. The number of nitrogens with one attached hydrogen (secondary N) is 2. The molecule has 2 amide bonds. The largest absolute Gasteiger partial charge is 0.382 e. The van der Waals surface area contributed by atoms with Crippen molar-refractivity contribution in [2.24, 2.45) is 0 Å². The molecular formula is C31H34N4O5S2. The van der Waals surface area contributed by atoms with E-state index in [4.69, 9.17) is 5.26 Å². The van der Waals surface area contributed by atoms with Crippen molar-refractivity contribution in [2.45, 2.75) is 61.6 Å². The molecule has 3 aromatic carbocycles. The fourth-order valence-electron chi connectivity index (χ4n) is 4.90. The van der Waals surface area contributed by atoms with E-state index in [1.54, 1.807) is 24.3 Å². The highest BCUT2D eigenvalue weighted by atomic mass is 32.2. The Labute approximate surface area is 251 Å². The van der Waals surface area contributed by atoms with E-state index in [2.05, 4.69) is 10.0 Å². The molecule has 1 fully saturated rings. The Balaban J connectivity index is 1.58. The van der Waals surface area contributed by atoms with Gasteiger partial charge in [-0.1, -0.05) is 54.6 Å². The summed E-state index contributed by atoms with van der Waals surface area (Å²) in [6, 6.07) is 21.8. The minimum Gasteiger partial charge on any atom is -0.382 e. The number of hydrogen-bond acceptors (Lipinski definition) is 7. The maximum absolute atomic E-state index is 13.8. The number of sulfonamides is 1. The second-order valence-electron chi connectivity index (χ2n) is 10.7. The number of carbonyl (C=O) groups is 2. The lowest BCUT2D eigenvalue weighted by molar-refractivity contribution is -0.147. The molecule has 3 N–H and O–H groups in total. The number of aryl methyl sites for hydroxylation is 1. The maximum atomic E-state index is 13.8. The van der Waals surface area contributed by atoms with Crippen molar-refractivity contribution in [3.63, 3.8) is 0 Å². The van der Waals surface area contributed by atoms with Crippen LogP contribution in [0.4, 0.5) is 0 Å². The lowest BCUT2D eigenvalue weighted by Crippen LogP contribution is -2.58. The van der Waals surface area contributed by atoms with Gasteiger partial charge in [-0.15, -0.1) is 11.8 Å². The molecule has 0 spiro atoms. The van der Waals surface area contributed by atoms with Crippen LogP contribution in [0.15, 0.2) is 83.8 Å². The summed E-state index contributed by atoms with van der Waals surface area (Å²) < 4.78 is 28.5. The molecule has 1 heterocycles. The van der Waals surface area contributed by atoms with E-state index in [0.29, 0.717) is 11.1 Å². The number of nitriles is 1. The summed E-state index contributed by atoms with van der Waals surface area (Å²) in [4.78, 5) is 28.5. The molecule has 1 aliphatic heterocycles. The van der Waals surface area contributed by atoms with Crippen molar-refractivity contribution in [1.82, 2.24) is 14.9 Å². The van der Waals surface area contributed by atoms with E-state index in [1.807, 2.05) is 57.2 Å². The SMILES string of the molecule is Cc1ccccc1CNC(=O)C1N(C(=O)C(O)C(Cc2ccccc2)NS(=O)(=O)c2ccc(C#N)cc2)CSC1(C)C. The zero-order valence-corrected chi connectivity index (χ0v) is 25.3. The third-order valence-electron chi connectivity index (χ3n) is 7.32. The van der Waals surface area contributed by atoms with Crippen molar-refractivity contribution < 1.29 is 23.1 Å². The summed E-state index contributed by atoms with van der Waals surface area (Å²) in [5.74, 6) is -0.940. The van der Waals surface area contributed by atoms with E-state index < -0.39 is 38.9 Å². The minimum absolute atomic E-state index is 0.0256. The lowest BCUT2D eigenvalue weighted by Gasteiger charge is -2.33. The summed E-state index contributed by atoms with van der Waals surface area (Å²) in [6.07, 6.45) is -1.75. The highest BCUT2D eigenvalue weighted by Crippen LogP contribution is 2.40. The molecule has 11 heteroatoms. The van der Waals surface area contributed by atoms with Gasteiger partial charge in [0.25, 0.3) is 5.91 Å². The van der Waals surface area contributed by atoms with E-state index in [9.17, 15) is 23.1 Å². The Morgan fingerprint density at radius 3 is 2.36 bits per heavy atom. The van der Waals surface area contributed by atoms with Gasteiger partial charge in [-0.25, -0.2) is 13.1 Å². The van der Waals surface area contributed by atoms with Gasteiger partial charge in [0.05, 0.1) is 28.4 Å². The first kappa shape index (κ1) is 31.3. The van der Waals surface area contributed by atoms with Crippen molar-refractivity contribution in [3.05, 3.63) is 101 Å². The average molecular weight is 607 g/mol. The summed E-state index contributed by atoms with van der Waals surface area (Å²) in [7, 11) is -4.18. The first-order valence-electron chi connectivity index (χ1n) is 13.4. The number of aliphatic hydroxyl groups excluding tert-OH is 1. The summed E-state index contributed by atoms with van der Waals surface area (Å²) in [5.41, 5.74) is 2.98. The van der Waals surface area contributed by atoms with Crippen LogP contribution in [0.5, 0.6) is 0 Å². The van der Waals surface area contributed by atoms with Crippen molar-refractivity contribution in [1.29, 1.82) is 5.26 Å². The smallest absolute Gasteiger partial charge is 0.254 e. The normalized spacial score (nSPS) is 17.7. The van der Waals surface area contributed by atoms with Crippen LogP contribution in [0.2, 0.25) is 0 Å². The van der Waals surface area contributed by atoms with Gasteiger partial charge in [0.15, 0.2) is 0 Å². The molecule has 4 rings (SSSR count). The Bertz CT molecular complexity index is 1570. The first-order valence-corrected chi connectivity index (χ1v) is 15.9. The number of amides is 2. The minimum atomic E-state index is -4.18. The van der Waals surface area contributed by atoms with Crippen LogP contribution in [0.25, 0.3) is 0 Å². The Hall–Kier alpha value is -3.69. The van der Waals surface area contributed by atoms with Gasteiger partial charge in [0.2, 0.25) is 15.9 Å². The van der Waals surface area contributed by atoms with Crippen LogP contribution in [0, 0.1) is 18.3 Å². The van der Waals surface area contributed by atoms with Crippen LogP contribution < -0.4 is 10.0 Å². The number of hydrogen-bond donors (Lipinski definition) is 3. The average Bonchev–Trinajstić information content (AvgIpc) is 3.30. The van der Waals surface area contributed by atoms with Crippen molar-refractivity contribution in [3.8, 4) is 6.07 Å². The monoisotopic (exact) mass is 606 g/mol. The van der Waals surface area contributed by atoms with E-state index in [0.717, 1.165) is 11.1 Å². The van der Waals surface area contributed by atoms with Crippen molar-refractivity contribution in [2.75, 3.05) is 5.88 Å². The van der Waals surface area contributed by atoms with Gasteiger partial charge in [-0.05, 0) is 68.1 Å². The Kier molecular flexibility index (Phi) is 9.74. The van der Waals surface area contributed by atoms with Crippen LogP contribution in [0.1, 0.15) is 36.1 Å². The predicted molar refractivity (Wildman–Crippen MR) is 162 cm³/mol. The third-order valence-corrected chi connectivity index (χ3v) is 10.2. The molecule has 1 aliphatic rings. The van der Waals surface area contributed by atoms with Crippen LogP contribution in [-0.4, -0.2) is 59.1 Å². The molecule has 9 nitrogen and oxygen atoms in total. The molecule has 0 bridgehead atoms. The number of benzene rings is 3. The van der Waals surface area contributed by atoms with Crippen LogP contribution in [-0.2, 0) is 32.6 Å². The molecule has 3 aromatic rings.